The van der Waals surface area contributed by atoms with Crippen molar-refractivity contribution in [3.05, 3.63) is 46.4 Å². The van der Waals surface area contributed by atoms with Crippen LogP contribution in [0.2, 0.25) is 21.1 Å². The summed E-state index contributed by atoms with van der Waals surface area (Å²) in [5.74, 6) is 0. The molecule has 130 valence electrons. The first kappa shape index (κ1) is 17.2. The van der Waals surface area contributed by atoms with Crippen LogP contribution in [0, 0.1) is 0 Å². The molecule has 1 aliphatic rings. The van der Waals surface area contributed by atoms with Crippen molar-refractivity contribution in [3.63, 3.8) is 0 Å². The molecule has 3 aromatic rings. The first-order chi connectivity index (χ1) is 11.8. The second kappa shape index (κ2) is 5.64. The lowest BCUT2D eigenvalue weighted by Gasteiger charge is -2.37. The number of aryl methyl sites for hydroxylation is 1. The number of hydrogen-bond acceptors (Lipinski definition) is 0. The average Bonchev–Trinajstić information content (AvgIpc) is 2.99. The van der Waals surface area contributed by atoms with Gasteiger partial charge < -0.3 is 4.57 Å². The molecule has 0 N–H and O–H groups in total. The molecule has 0 unspecified atom stereocenters. The zero-order chi connectivity index (χ0) is 18.1. The lowest BCUT2D eigenvalue weighted by molar-refractivity contribution is 0.930. The van der Waals surface area contributed by atoms with E-state index in [1.807, 2.05) is 12.1 Å². The van der Waals surface area contributed by atoms with Crippen LogP contribution in [0.5, 0.6) is 0 Å². The summed E-state index contributed by atoms with van der Waals surface area (Å²) < 4.78 is 2.34. The molecule has 0 saturated carbocycles. The van der Waals surface area contributed by atoms with Gasteiger partial charge in [0.15, 0.2) is 0 Å². The van der Waals surface area contributed by atoms with Gasteiger partial charge in [0, 0.05) is 33.7 Å². The Kier molecular flexibility index (Phi) is 3.88. The molecule has 1 aromatic heterocycles. The Morgan fingerprint density at radius 2 is 1.48 bits per heavy atom. The van der Waals surface area contributed by atoms with Gasteiger partial charge in [0.25, 0.3) is 0 Å². The highest BCUT2D eigenvalue weighted by Crippen LogP contribution is 2.44. The fourth-order valence-corrected chi connectivity index (χ4v) is 12.0. The molecular formula is C21H23Cl2NSi. The van der Waals surface area contributed by atoms with E-state index in [4.69, 9.17) is 23.2 Å². The summed E-state index contributed by atoms with van der Waals surface area (Å²) in [6, 6.07) is 12.8. The maximum atomic E-state index is 6.45. The van der Waals surface area contributed by atoms with Crippen molar-refractivity contribution in [2.45, 2.75) is 38.8 Å². The number of hydrogen-bond donors (Lipinski definition) is 0. The van der Waals surface area contributed by atoms with Crippen LogP contribution in [0.3, 0.4) is 0 Å². The molecule has 0 fully saturated rings. The molecule has 0 bridgehead atoms. The summed E-state index contributed by atoms with van der Waals surface area (Å²) in [6.07, 6.45) is 0. The van der Waals surface area contributed by atoms with Crippen molar-refractivity contribution in [3.8, 4) is 11.3 Å². The highest BCUT2D eigenvalue weighted by Gasteiger charge is 2.52. The van der Waals surface area contributed by atoms with E-state index in [2.05, 4.69) is 63.6 Å². The molecule has 0 spiro atoms. The molecule has 2 aromatic carbocycles. The maximum absolute atomic E-state index is 6.45. The molecule has 2 heterocycles. The summed E-state index contributed by atoms with van der Waals surface area (Å²) in [4.78, 5) is 0. The van der Waals surface area contributed by atoms with Crippen LogP contribution in [0.15, 0.2) is 36.4 Å². The largest absolute Gasteiger partial charge is 0.344 e. The highest BCUT2D eigenvalue weighted by molar-refractivity contribution is 7.08. The van der Waals surface area contributed by atoms with Gasteiger partial charge in [0.05, 0.1) is 0 Å². The zero-order valence-corrected chi connectivity index (χ0v) is 17.8. The van der Waals surface area contributed by atoms with Gasteiger partial charge in [-0.1, -0.05) is 63.0 Å². The van der Waals surface area contributed by atoms with E-state index in [9.17, 15) is 0 Å². The van der Waals surface area contributed by atoms with Crippen LogP contribution in [-0.4, -0.2) is 12.6 Å². The van der Waals surface area contributed by atoms with Gasteiger partial charge in [0.1, 0.15) is 8.07 Å². The predicted octanol–water partition coefficient (Wildman–Crippen LogP) is 5.85. The molecule has 4 heteroatoms. The predicted molar refractivity (Wildman–Crippen MR) is 114 cm³/mol. The molecular weight excluding hydrogens is 365 g/mol. The Labute approximate surface area is 160 Å². The monoisotopic (exact) mass is 387 g/mol. The molecule has 1 nitrogen and oxygen atoms in total. The first-order valence-electron chi connectivity index (χ1n) is 8.89. The van der Waals surface area contributed by atoms with Crippen LogP contribution < -0.4 is 10.4 Å². The van der Waals surface area contributed by atoms with Crippen LogP contribution in [0.1, 0.15) is 27.7 Å². The SMILES string of the molecule is CC(C)[Si]1(C(C)C)c2cc(Cl)ccc2-c2c1c1ccc(Cl)cc1n2C. The van der Waals surface area contributed by atoms with Gasteiger partial charge in [-0.2, -0.15) is 0 Å². The van der Waals surface area contributed by atoms with Gasteiger partial charge >= 0.3 is 0 Å². The number of fused-ring (bicyclic) bond motifs is 5. The van der Waals surface area contributed by atoms with Crippen molar-refractivity contribution in [1.82, 2.24) is 4.57 Å². The summed E-state index contributed by atoms with van der Waals surface area (Å²) in [5.41, 5.74) is 5.15. The Hall–Kier alpha value is -1.22. The van der Waals surface area contributed by atoms with Crippen molar-refractivity contribution in [2.24, 2.45) is 7.05 Å². The summed E-state index contributed by atoms with van der Waals surface area (Å²) in [7, 11) is 0.199. The second-order valence-corrected chi connectivity index (χ2v) is 13.8. The van der Waals surface area contributed by atoms with Crippen LogP contribution in [0.25, 0.3) is 22.2 Å². The molecule has 0 atom stereocenters. The molecule has 0 amide bonds. The Morgan fingerprint density at radius 1 is 0.880 bits per heavy atom. The third-order valence-electron chi connectivity index (χ3n) is 6.08. The van der Waals surface area contributed by atoms with Gasteiger partial charge in [-0.05, 0) is 51.3 Å². The topological polar surface area (TPSA) is 4.93 Å². The molecule has 25 heavy (non-hydrogen) atoms. The minimum atomic E-state index is -1.97. The van der Waals surface area contributed by atoms with Crippen molar-refractivity contribution in [1.29, 1.82) is 0 Å². The smallest absolute Gasteiger partial charge is 0.127 e. The number of rotatable bonds is 2. The molecule has 4 rings (SSSR count). The first-order valence-corrected chi connectivity index (χ1v) is 11.8. The summed E-state index contributed by atoms with van der Waals surface area (Å²) >= 11 is 12.8. The minimum absolute atomic E-state index is 0.590. The van der Waals surface area contributed by atoms with Crippen LogP contribution in [-0.2, 0) is 7.05 Å². The van der Waals surface area contributed by atoms with E-state index < -0.39 is 8.07 Å². The maximum Gasteiger partial charge on any atom is 0.127 e. The molecule has 0 saturated heterocycles. The third kappa shape index (κ3) is 2.08. The van der Waals surface area contributed by atoms with Crippen molar-refractivity contribution < 1.29 is 0 Å². The normalized spacial score (nSPS) is 15.2. The lowest BCUT2D eigenvalue weighted by atomic mass is 10.1. The molecule has 0 radical (unpaired) electrons. The average molecular weight is 388 g/mol. The Balaban J connectivity index is 2.25. The summed E-state index contributed by atoms with van der Waals surface area (Å²) in [5, 5.41) is 6.08. The van der Waals surface area contributed by atoms with E-state index in [1.54, 1.807) is 5.19 Å². The molecule has 0 aliphatic carbocycles. The fraction of sp³-hybridized carbons (Fsp3) is 0.333. The number of nitrogens with zero attached hydrogens (tertiary/aromatic N) is 1. The quantitative estimate of drug-likeness (QED) is 0.486. The van der Waals surface area contributed by atoms with Gasteiger partial charge in [-0.15, -0.1) is 0 Å². The van der Waals surface area contributed by atoms with E-state index in [0.29, 0.717) is 11.1 Å². The molecule has 1 aliphatic heterocycles. The highest BCUT2D eigenvalue weighted by atomic mass is 35.5. The van der Waals surface area contributed by atoms with E-state index >= 15 is 0 Å². The lowest BCUT2D eigenvalue weighted by Crippen LogP contribution is -2.60. The number of aromatic nitrogens is 1. The van der Waals surface area contributed by atoms with Gasteiger partial charge in [0.2, 0.25) is 0 Å². The number of benzene rings is 2. The van der Waals surface area contributed by atoms with Gasteiger partial charge in [-0.3, -0.25) is 0 Å². The van der Waals surface area contributed by atoms with Crippen LogP contribution in [0.4, 0.5) is 0 Å². The Bertz CT molecular complexity index is 993. The third-order valence-corrected chi connectivity index (χ3v) is 12.8. The van der Waals surface area contributed by atoms with E-state index in [1.165, 1.54) is 27.3 Å². The standard InChI is InChI=1S/C21H23Cl2NSi/c1-12(2)25(13(3)4)19-11-15(23)7-9-17(19)20-21(25)16-8-6-14(22)10-18(16)24(20)5/h6-13H,1-5H3. The number of halogens is 2. The van der Waals surface area contributed by atoms with Crippen molar-refractivity contribution in [2.75, 3.05) is 0 Å². The summed E-state index contributed by atoms with van der Waals surface area (Å²) in [6.45, 7) is 9.56. The van der Waals surface area contributed by atoms with Crippen LogP contribution >= 0.6 is 23.2 Å². The van der Waals surface area contributed by atoms with E-state index in [-0.39, 0.29) is 0 Å². The fourth-order valence-electron chi connectivity index (χ4n) is 5.21. The van der Waals surface area contributed by atoms with Crippen molar-refractivity contribution >= 4 is 52.6 Å². The Morgan fingerprint density at radius 3 is 2.12 bits per heavy atom. The van der Waals surface area contributed by atoms with Gasteiger partial charge in [-0.25, -0.2) is 0 Å². The zero-order valence-electron chi connectivity index (χ0n) is 15.3. The second-order valence-electron chi connectivity index (χ2n) is 7.81. The van der Waals surface area contributed by atoms with E-state index in [0.717, 1.165) is 10.0 Å². The minimum Gasteiger partial charge on any atom is -0.344 e.